The maximum absolute atomic E-state index is 12.0. The zero-order valence-electron chi connectivity index (χ0n) is 11.5. The molecule has 106 valence electrons. The van der Waals surface area contributed by atoms with Crippen molar-refractivity contribution in [3.05, 3.63) is 41.6 Å². The van der Waals surface area contributed by atoms with Gasteiger partial charge in [-0.1, -0.05) is 11.6 Å². The summed E-state index contributed by atoms with van der Waals surface area (Å²) in [6, 6.07) is 8.15. The van der Waals surface area contributed by atoms with Gasteiger partial charge in [0.25, 0.3) is 0 Å². The number of sulfonamides is 1. The van der Waals surface area contributed by atoms with E-state index < -0.39 is 10.0 Å². The monoisotopic (exact) mass is 290 g/mol. The van der Waals surface area contributed by atoms with Gasteiger partial charge in [0.1, 0.15) is 0 Å². The van der Waals surface area contributed by atoms with Crippen LogP contribution in [0.5, 0.6) is 0 Å². The average Bonchev–Trinajstić information content (AvgIpc) is 2.40. The molecular weight excluding hydrogens is 272 g/mol. The molecule has 0 N–H and O–H groups in total. The first-order valence-corrected chi connectivity index (χ1v) is 8.49. The minimum atomic E-state index is -3.08. The van der Waals surface area contributed by atoms with Crippen LogP contribution in [0.1, 0.15) is 24.0 Å². The van der Waals surface area contributed by atoms with Crippen molar-refractivity contribution in [2.75, 3.05) is 12.3 Å². The van der Waals surface area contributed by atoms with Crippen LogP contribution in [0.15, 0.2) is 30.5 Å². The van der Waals surface area contributed by atoms with Gasteiger partial charge < -0.3 is 0 Å². The second-order valence-electron chi connectivity index (χ2n) is 5.40. The maximum Gasteiger partial charge on any atom is 0.214 e. The SMILES string of the molecule is Cc1ccc2ncc(CN3CCCCS3(=O)=O)cc2c1. The van der Waals surface area contributed by atoms with Gasteiger partial charge in [0.05, 0.1) is 11.3 Å². The second-order valence-corrected chi connectivity index (χ2v) is 7.48. The van der Waals surface area contributed by atoms with E-state index in [0.717, 1.165) is 29.3 Å². The van der Waals surface area contributed by atoms with Gasteiger partial charge in [-0.3, -0.25) is 4.98 Å². The predicted molar refractivity (Wildman–Crippen MR) is 79.9 cm³/mol. The third-order valence-corrected chi connectivity index (χ3v) is 5.61. The summed E-state index contributed by atoms with van der Waals surface area (Å²) < 4.78 is 25.6. The Bertz CT molecular complexity index is 741. The average molecular weight is 290 g/mol. The summed E-state index contributed by atoms with van der Waals surface area (Å²) in [7, 11) is -3.08. The molecule has 0 amide bonds. The minimum Gasteiger partial charge on any atom is -0.256 e. The molecule has 20 heavy (non-hydrogen) atoms. The summed E-state index contributed by atoms with van der Waals surface area (Å²) in [6.07, 6.45) is 3.50. The number of aryl methyl sites for hydroxylation is 1. The van der Waals surface area contributed by atoms with Gasteiger partial charge >= 0.3 is 0 Å². The van der Waals surface area contributed by atoms with Crippen molar-refractivity contribution in [1.82, 2.24) is 9.29 Å². The molecule has 0 unspecified atom stereocenters. The quantitative estimate of drug-likeness (QED) is 0.853. The van der Waals surface area contributed by atoms with Gasteiger partial charge in [-0.05, 0) is 43.5 Å². The third-order valence-electron chi connectivity index (χ3n) is 3.71. The Morgan fingerprint density at radius 3 is 2.90 bits per heavy atom. The van der Waals surface area contributed by atoms with Crippen LogP contribution in [-0.4, -0.2) is 30.0 Å². The van der Waals surface area contributed by atoms with Crippen LogP contribution in [0.4, 0.5) is 0 Å². The van der Waals surface area contributed by atoms with Crippen LogP contribution in [0.25, 0.3) is 10.9 Å². The van der Waals surface area contributed by atoms with Crippen molar-refractivity contribution < 1.29 is 8.42 Å². The van der Waals surface area contributed by atoms with E-state index in [1.165, 1.54) is 5.56 Å². The van der Waals surface area contributed by atoms with E-state index in [-0.39, 0.29) is 5.75 Å². The lowest BCUT2D eigenvalue weighted by atomic mass is 10.1. The highest BCUT2D eigenvalue weighted by Crippen LogP contribution is 2.20. The molecule has 1 saturated heterocycles. The van der Waals surface area contributed by atoms with Crippen LogP contribution in [0.3, 0.4) is 0 Å². The zero-order chi connectivity index (χ0) is 14.2. The molecule has 0 radical (unpaired) electrons. The number of aromatic nitrogens is 1. The number of pyridine rings is 1. The highest BCUT2D eigenvalue weighted by Gasteiger charge is 2.25. The number of rotatable bonds is 2. The first-order chi connectivity index (χ1) is 9.54. The van der Waals surface area contributed by atoms with Crippen molar-refractivity contribution in [3.8, 4) is 0 Å². The van der Waals surface area contributed by atoms with Gasteiger partial charge in [-0.15, -0.1) is 0 Å². The minimum absolute atomic E-state index is 0.271. The normalized spacial score (nSPS) is 19.2. The number of hydrogen-bond donors (Lipinski definition) is 0. The third kappa shape index (κ3) is 2.69. The molecule has 0 bridgehead atoms. The van der Waals surface area contributed by atoms with Crippen molar-refractivity contribution in [1.29, 1.82) is 0 Å². The molecule has 0 spiro atoms. The van der Waals surface area contributed by atoms with E-state index in [2.05, 4.69) is 11.1 Å². The van der Waals surface area contributed by atoms with Gasteiger partial charge in [-0.2, -0.15) is 4.31 Å². The molecular formula is C15H18N2O2S. The summed E-state index contributed by atoms with van der Waals surface area (Å²) in [6.45, 7) is 3.09. The fraction of sp³-hybridized carbons (Fsp3) is 0.400. The molecule has 0 aliphatic carbocycles. The highest BCUT2D eigenvalue weighted by atomic mass is 32.2. The molecule has 2 aromatic rings. The van der Waals surface area contributed by atoms with Crippen molar-refractivity contribution in [3.63, 3.8) is 0 Å². The lowest BCUT2D eigenvalue weighted by Gasteiger charge is -2.26. The van der Waals surface area contributed by atoms with Crippen LogP contribution in [0, 0.1) is 6.92 Å². The molecule has 1 aliphatic rings. The Hall–Kier alpha value is -1.46. The zero-order valence-corrected chi connectivity index (χ0v) is 12.4. The molecule has 4 nitrogen and oxygen atoms in total. The molecule has 0 saturated carbocycles. The fourth-order valence-electron chi connectivity index (χ4n) is 2.60. The first kappa shape index (κ1) is 13.5. The molecule has 1 aromatic carbocycles. The van der Waals surface area contributed by atoms with Crippen molar-refractivity contribution >= 4 is 20.9 Å². The first-order valence-electron chi connectivity index (χ1n) is 6.88. The lowest BCUT2D eigenvalue weighted by Crippen LogP contribution is -2.37. The molecule has 1 aromatic heterocycles. The van der Waals surface area contributed by atoms with E-state index in [0.29, 0.717) is 13.1 Å². The number of hydrogen-bond acceptors (Lipinski definition) is 3. The van der Waals surface area contributed by atoms with Gasteiger partial charge in [0, 0.05) is 24.7 Å². The molecule has 3 rings (SSSR count). The lowest BCUT2D eigenvalue weighted by molar-refractivity contribution is 0.378. The topological polar surface area (TPSA) is 50.3 Å². The largest absolute Gasteiger partial charge is 0.256 e. The smallest absolute Gasteiger partial charge is 0.214 e. The van der Waals surface area contributed by atoms with Gasteiger partial charge in [-0.25, -0.2) is 8.42 Å². The summed E-state index contributed by atoms with van der Waals surface area (Å²) in [4.78, 5) is 4.41. The fourth-order valence-corrected chi connectivity index (χ4v) is 4.19. The van der Waals surface area contributed by atoms with Crippen LogP contribution in [-0.2, 0) is 16.6 Å². The summed E-state index contributed by atoms with van der Waals surface area (Å²) in [5.74, 6) is 0.271. The molecule has 5 heteroatoms. The highest BCUT2D eigenvalue weighted by molar-refractivity contribution is 7.89. The predicted octanol–water partition coefficient (Wildman–Crippen LogP) is 2.47. The summed E-state index contributed by atoms with van der Waals surface area (Å²) >= 11 is 0. The van der Waals surface area contributed by atoms with E-state index >= 15 is 0 Å². The van der Waals surface area contributed by atoms with Gasteiger partial charge in [0.15, 0.2) is 0 Å². The van der Waals surface area contributed by atoms with Crippen molar-refractivity contribution in [2.45, 2.75) is 26.3 Å². The number of fused-ring (bicyclic) bond motifs is 1. The van der Waals surface area contributed by atoms with E-state index in [9.17, 15) is 8.42 Å². The standard InChI is InChI=1S/C15H18N2O2S/c1-12-4-5-15-14(8-12)9-13(10-16-15)11-17-6-2-3-7-20(17,18)19/h4-5,8-10H,2-3,6-7,11H2,1H3. The Labute approximate surface area is 119 Å². The molecule has 0 atom stereocenters. The summed E-state index contributed by atoms with van der Waals surface area (Å²) in [5, 5.41) is 1.07. The van der Waals surface area contributed by atoms with Crippen LogP contribution < -0.4 is 0 Å². The number of benzene rings is 1. The Morgan fingerprint density at radius 1 is 1.25 bits per heavy atom. The van der Waals surface area contributed by atoms with Gasteiger partial charge in [0.2, 0.25) is 10.0 Å². The maximum atomic E-state index is 12.0. The molecule has 1 aliphatic heterocycles. The van der Waals surface area contributed by atoms with Crippen LogP contribution >= 0.6 is 0 Å². The molecule has 2 heterocycles. The second kappa shape index (κ2) is 5.14. The number of nitrogens with zero attached hydrogens (tertiary/aromatic N) is 2. The molecule has 1 fully saturated rings. The Kier molecular flexibility index (Phi) is 3.48. The summed E-state index contributed by atoms with van der Waals surface area (Å²) in [5.41, 5.74) is 3.08. The van der Waals surface area contributed by atoms with Crippen molar-refractivity contribution in [2.24, 2.45) is 0 Å². The van der Waals surface area contributed by atoms with E-state index in [4.69, 9.17) is 0 Å². The Morgan fingerprint density at radius 2 is 2.10 bits per heavy atom. The van der Waals surface area contributed by atoms with E-state index in [1.807, 2.05) is 25.1 Å². The van der Waals surface area contributed by atoms with Crippen LogP contribution in [0.2, 0.25) is 0 Å². The Balaban J connectivity index is 1.90. The van der Waals surface area contributed by atoms with E-state index in [1.54, 1.807) is 10.5 Å².